The van der Waals surface area contributed by atoms with Crippen LogP contribution in [-0.4, -0.2) is 9.55 Å². The van der Waals surface area contributed by atoms with Crippen LogP contribution in [0.25, 0.3) is 0 Å². The van der Waals surface area contributed by atoms with Gasteiger partial charge in [0.05, 0.1) is 10.7 Å². The lowest BCUT2D eigenvalue weighted by Crippen LogP contribution is -2.14. The van der Waals surface area contributed by atoms with Gasteiger partial charge in [-0.3, -0.25) is 0 Å². The van der Waals surface area contributed by atoms with Crippen LogP contribution in [0.5, 0.6) is 0 Å². The molecule has 1 N–H and O–H groups in total. The number of nitrogens with one attached hydrogen (secondary N) is 1. The van der Waals surface area contributed by atoms with E-state index in [4.69, 9.17) is 11.6 Å². The number of anilines is 2. The maximum absolute atomic E-state index is 6.25. The van der Waals surface area contributed by atoms with Crippen molar-refractivity contribution in [2.24, 2.45) is 0 Å². The molecule has 1 heterocycles. The summed E-state index contributed by atoms with van der Waals surface area (Å²) in [6.07, 6.45) is 10.4. The van der Waals surface area contributed by atoms with E-state index < -0.39 is 0 Å². The van der Waals surface area contributed by atoms with Crippen LogP contribution in [-0.2, 0) is 0 Å². The molecule has 1 fully saturated rings. The molecule has 0 aliphatic heterocycles. The number of benzene rings is 1. The van der Waals surface area contributed by atoms with Gasteiger partial charge in [-0.1, -0.05) is 36.9 Å². The Morgan fingerprint density at radius 1 is 1.25 bits per heavy atom. The summed E-state index contributed by atoms with van der Waals surface area (Å²) in [6.45, 7) is 2.06. The smallest absolute Gasteiger partial charge is 0.207 e. The molecule has 1 saturated carbocycles. The van der Waals surface area contributed by atoms with Crippen molar-refractivity contribution in [3.63, 3.8) is 0 Å². The number of imidazole rings is 1. The molecule has 3 rings (SSSR count). The predicted molar refractivity (Wildman–Crippen MR) is 83.8 cm³/mol. The molecule has 1 aliphatic carbocycles. The lowest BCUT2D eigenvalue weighted by Gasteiger charge is -2.25. The molecular formula is C16H20ClN3. The maximum Gasteiger partial charge on any atom is 0.207 e. The standard InChI is InChI=1S/C16H20ClN3/c1-12-7-8-14(17)15(11-12)19-16-18-9-10-20(16)13-5-3-2-4-6-13/h7-11,13H,2-6H2,1H3,(H,18,19). The molecule has 1 aromatic carbocycles. The van der Waals surface area contributed by atoms with Gasteiger partial charge in [0.15, 0.2) is 0 Å². The third-order valence-electron chi connectivity index (χ3n) is 4.01. The van der Waals surface area contributed by atoms with Gasteiger partial charge in [0.1, 0.15) is 0 Å². The molecule has 1 aliphatic rings. The van der Waals surface area contributed by atoms with Crippen LogP contribution < -0.4 is 5.32 Å². The first-order valence-corrected chi connectivity index (χ1v) is 7.68. The van der Waals surface area contributed by atoms with Crippen molar-refractivity contribution in [3.05, 3.63) is 41.2 Å². The van der Waals surface area contributed by atoms with Crippen molar-refractivity contribution in [2.75, 3.05) is 5.32 Å². The van der Waals surface area contributed by atoms with Crippen LogP contribution in [0.2, 0.25) is 5.02 Å². The van der Waals surface area contributed by atoms with Crippen LogP contribution in [0, 0.1) is 6.92 Å². The van der Waals surface area contributed by atoms with Crippen LogP contribution in [0.1, 0.15) is 43.7 Å². The second-order valence-electron chi connectivity index (χ2n) is 5.56. The summed E-state index contributed by atoms with van der Waals surface area (Å²) in [4.78, 5) is 4.45. The number of rotatable bonds is 3. The number of aromatic nitrogens is 2. The van der Waals surface area contributed by atoms with Crippen molar-refractivity contribution >= 4 is 23.2 Å². The summed E-state index contributed by atoms with van der Waals surface area (Å²) in [7, 11) is 0. The molecular weight excluding hydrogens is 270 g/mol. The summed E-state index contributed by atoms with van der Waals surface area (Å²) in [5.41, 5.74) is 2.11. The fourth-order valence-electron chi connectivity index (χ4n) is 2.92. The van der Waals surface area contributed by atoms with Gasteiger partial charge in [-0.05, 0) is 37.5 Å². The zero-order valence-electron chi connectivity index (χ0n) is 11.8. The molecule has 0 spiro atoms. The fraction of sp³-hybridized carbons (Fsp3) is 0.438. The van der Waals surface area contributed by atoms with E-state index in [1.54, 1.807) is 0 Å². The second kappa shape index (κ2) is 5.88. The minimum absolute atomic E-state index is 0.567. The molecule has 20 heavy (non-hydrogen) atoms. The lowest BCUT2D eigenvalue weighted by molar-refractivity contribution is 0.356. The first kappa shape index (κ1) is 13.5. The largest absolute Gasteiger partial charge is 0.324 e. The Labute approximate surface area is 125 Å². The molecule has 1 aromatic heterocycles. The number of aryl methyl sites for hydroxylation is 1. The Morgan fingerprint density at radius 3 is 2.85 bits per heavy atom. The predicted octanol–water partition coefficient (Wildman–Crippen LogP) is 5.09. The Bertz CT molecular complexity index is 585. The maximum atomic E-state index is 6.25. The van der Waals surface area contributed by atoms with Gasteiger partial charge in [-0.15, -0.1) is 0 Å². The molecule has 2 aromatic rings. The van der Waals surface area contributed by atoms with E-state index in [0.29, 0.717) is 6.04 Å². The highest BCUT2D eigenvalue weighted by atomic mass is 35.5. The third kappa shape index (κ3) is 2.83. The van der Waals surface area contributed by atoms with Gasteiger partial charge >= 0.3 is 0 Å². The lowest BCUT2D eigenvalue weighted by atomic mass is 9.95. The van der Waals surface area contributed by atoms with Gasteiger partial charge in [-0.2, -0.15) is 0 Å². The normalized spacial score (nSPS) is 16.3. The SMILES string of the molecule is Cc1ccc(Cl)c(Nc2nccn2C2CCCCC2)c1. The van der Waals surface area contributed by atoms with E-state index in [1.807, 2.05) is 18.3 Å². The first-order valence-electron chi connectivity index (χ1n) is 7.30. The van der Waals surface area contributed by atoms with Crippen molar-refractivity contribution < 1.29 is 0 Å². The Balaban J connectivity index is 1.84. The van der Waals surface area contributed by atoms with Crippen LogP contribution in [0.15, 0.2) is 30.6 Å². The summed E-state index contributed by atoms with van der Waals surface area (Å²) in [5.74, 6) is 0.893. The molecule has 0 radical (unpaired) electrons. The molecule has 3 nitrogen and oxygen atoms in total. The Morgan fingerprint density at radius 2 is 2.05 bits per heavy atom. The summed E-state index contributed by atoms with van der Waals surface area (Å²) in [6, 6.07) is 6.56. The van der Waals surface area contributed by atoms with E-state index in [9.17, 15) is 0 Å². The third-order valence-corrected chi connectivity index (χ3v) is 4.33. The van der Waals surface area contributed by atoms with Crippen LogP contribution >= 0.6 is 11.6 Å². The van der Waals surface area contributed by atoms with E-state index in [0.717, 1.165) is 16.7 Å². The quantitative estimate of drug-likeness (QED) is 0.852. The fourth-order valence-corrected chi connectivity index (χ4v) is 3.08. The number of hydrogen-bond acceptors (Lipinski definition) is 2. The van der Waals surface area contributed by atoms with Crippen molar-refractivity contribution in [2.45, 2.75) is 45.1 Å². The zero-order valence-corrected chi connectivity index (χ0v) is 12.5. The molecule has 0 amide bonds. The van der Waals surface area contributed by atoms with Gasteiger partial charge in [0, 0.05) is 18.4 Å². The molecule has 0 atom stereocenters. The van der Waals surface area contributed by atoms with Crippen LogP contribution in [0.4, 0.5) is 11.6 Å². The first-order chi connectivity index (χ1) is 9.74. The molecule has 0 bridgehead atoms. The minimum Gasteiger partial charge on any atom is -0.324 e. The van der Waals surface area contributed by atoms with Crippen molar-refractivity contribution in [1.82, 2.24) is 9.55 Å². The molecule has 4 heteroatoms. The highest BCUT2D eigenvalue weighted by Gasteiger charge is 2.18. The molecule has 0 unspecified atom stereocenters. The highest BCUT2D eigenvalue weighted by molar-refractivity contribution is 6.33. The zero-order chi connectivity index (χ0) is 13.9. The van der Waals surface area contributed by atoms with Crippen molar-refractivity contribution in [3.8, 4) is 0 Å². The average Bonchev–Trinajstić information content (AvgIpc) is 2.92. The monoisotopic (exact) mass is 289 g/mol. The van der Waals surface area contributed by atoms with Crippen molar-refractivity contribution in [1.29, 1.82) is 0 Å². The molecule has 106 valence electrons. The van der Waals surface area contributed by atoms with E-state index in [1.165, 1.54) is 37.7 Å². The van der Waals surface area contributed by atoms with Gasteiger partial charge in [0.25, 0.3) is 0 Å². The summed E-state index contributed by atoms with van der Waals surface area (Å²) >= 11 is 6.25. The van der Waals surface area contributed by atoms with Gasteiger partial charge < -0.3 is 9.88 Å². The van der Waals surface area contributed by atoms with E-state index >= 15 is 0 Å². The minimum atomic E-state index is 0.567. The number of halogens is 1. The van der Waals surface area contributed by atoms with E-state index in [-0.39, 0.29) is 0 Å². The van der Waals surface area contributed by atoms with E-state index in [2.05, 4.69) is 34.1 Å². The Hall–Kier alpha value is -1.48. The topological polar surface area (TPSA) is 29.9 Å². The summed E-state index contributed by atoms with van der Waals surface area (Å²) in [5, 5.41) is 4.11. The van der Waals surface area contributed by atoms with Gasteiger partial charge in [0.2, 0.25) is 5.95 Å². The number of nitrogens with zero attached hydrogens (tertiary/aromatic N) is 2. The Kier molecular flexibility index (Phi) is 3.97. The summed E-state index contributed by atoms with van der Waals surface area (Å²) < 4.78 is 2.26. The van der Waals surface area contributed by atoms with Crippen LogP contribution in [0.3, 0.4) is 0 Å². The molecule has 0 saturated heterocycles. The van der Waals surface area contributed by atoms with Gasteiger partial charge in [-0.25, -0.2) is 4.98 Å². The number of hydrogen-bond donors (Lipinski definition) is 1. The average molecular weight is 290 g/mol. The second-order valence-corrected chi connectivity index (χ2v) is 5.97. The highest BCUT2D eigenvalue weighted by Crippen LogP contribution is 2.32.